The number of hydrogen-bond acceptors (Lipinski definition) is 3. The molecule has 0 aliphatic carbocycles. The van der Waals surface area contributed by atoms with Crippen molar-refractivity contribution in [2.45, 2.75) is 24.3 Å². The van der Waals surface area contributed by atoms with Gasteiger partial charge in [0, 0.05) is 37.0 Å². The summed E-state index contributed by atoms with van der Waals surface area (Å²) in [5.41, 5.74) is 1.76. The van der Waals surface area contributed by atoms with Crippen molar-refractivity contribution in [3.63, 3.8) is 0 Å². The average molecular weight is 356 g/mol. The minimum absolute atomic E-state index is 0.0860. The zero-order chi connectivity index (χ0) is 18.1. The zero-order valence-electron chi connectivity index (χ0n) is 14.7. The number of hydrogen-bond donors (Lipinski definition) is 1. The van der Waals surface area contributed by atoms with Gasteiger partial charge in [-0.1, -0.05) is 30.3 Å². The quantitative estimate of drug-likeness (QED) is 0.581. The summed E-state index contributed by atoms with van der Waals surface area (Å²) in [4.78, 5) is 27.0. The van der Waals surface area contributed by atoms with Crippen LogP contribution in [0.4, 0.5) is 0 Å². The number of amides is 2. The van der Waals surface area contributed by atoms with E-state index in [4.69, 9.17) is 0 Å². The molecule has 2 aromatic rings. The van der Waals surface area contributed by atoms with Gasteiger partial charge in [-0.25, -0.2) is 0 Å². The highest BCUT2D eigenvalue weighted by Gasteiger charge is 2.10. The maximum Gasteiger partial charge on any atom is 0.251 e. The van der Waals surface area contributed by atoms with E-state index in [0.717, 1.165) is 5.56 Å². The van der Waals surface area contributed by atoms with Gasteiger partial charge in [0.2, 0.25) is 5.91 Å². The maximum atomic E-state index is 12.2. The fraction of sp³-hybridized carbons (Fsp3) is 0.300. The van der Waals surface area contributed by atoms with E-state index >= 15 is 0 Å². The second kappa shape index (κ2) is 9.89. The third kappa shape index (κ3) is 6.27. The number of nitrogens with one attached hydrogen (secondary N) is 1. The summed E-state index contributed by atoms with van der Waals surface area (Å²) in [5.74, 6) is -0.0156. The Bertz CT molecular complexity index is 687. The van der Waals surface area contributed by atoms with Gasteiger partial charge < -0.3 is 10.2 Å². The smallest absolute Gasteiger partial charge is 0.251 e. The first-order valence-electron chi connectivity index (χ1n) is 8.30. The molecule has 1 N–H and O–H groups in total. The second-order valence-corrected chi connectivity index (χ2v) is 6.70. The molecular weight excluding hydrogens is 332 g/mol. The molecule has 0 unspecified atom stereocenters. The summed E-state index contributed by atoms with van der Waals surface area (Å²) in [6.45, 7) is 1.10. The fourth-order valence-electron chi connectivity index (χ4n) is 2.42. The summed E-state index contributed by atoms with van der Waals surface area (Å²) in [6.07, 6.45) is 3.10. The first kappa shape index (κ1) is 19.1. The number of rotatable bonds is 8. The van der Waals surface area contributed by atoms with Gasteiger partial charge in [-0.3, -0.25) is 9.59 Å². The van der Waals surface area contributed by atoms with Crippen LogP contribution in [0, 0.1) is 0 Å². The van der Waals surface area contributed by atoms with Crippen LogP contribution in [-0.4, -0.2) is 36.6 Å². The lowest BCUT2D eigenvalue weighted by atomic mass is 10.2. The minimum atomic E-state index is -0.102. The molecule has 0 atom stereocenters. The van der Waals surface area contributed by atoms with Gasteiger partial charge in [-0.15, -0.1) is 11.8 Å². The molecule has 2 aromatic carbocycles. The molecule has 0 aliphatic rings. The van der Waals surface area contributed by atoms with Crippen molar-refractivity contribution in [1.82, 2.24) is 10.2 Å². The van der Waals surface area contributed by atoms with Crippen LogP contribution >= 0.6 is 11.8 Å². The molecule has 2 rings (SSSR count). The van der Waals surface area contributed by atoms with Crippen LogP contribution < -0.4 is 5.32 Å². The van der Waals surface area contributed by atoms with Crippen molar-refractivity contribution in [1.29, 1.82) is 0 Å². The predicted molar refractivity (Wildman–Crippen MR) is 103 cm³/mol. The number of nitrogens with zero attached hydrogens (tertiary/aromatic N) is 1. The van der Waals surface area contributed by atoms with Crippen molar-refractivity contribution >= 4 is 23.6 Å². The Balaban J connectivity index is 1.69. The fourth-order valence-corrected chi connectivity index (χ4v) is 2.83. The molecule has 132 valence electrons. The largest absolute Gasteiger partial charge is 0.352 e. The summed E-state index contributed by atoms with van der Waals surface area (Å²) in [5, 5.41) is 2.84. The predicted octanol–water partition coefficient (Wildman–Crippen LogP) is 3.58. The van der Waals surface area contributed by atoms with Crippen LogP contribution in [0.2, 0.25) is 0 Å². The Kier molecular flexibility index (Phi) is 7.54. The molecule has 0 radical (unpaired) electrons. The van der Waals surface area contributed by atoms with Crippen LogP contribution in [0.3, 0.4) is 0 Å². The van der Waals surface area contributed by atoms with Crippen LogP contribution in [0.25, 0.3) is 0 Å². The number of carbonyl (C=O) groups is 2. The molecule has 2 amide bonds. The molecule has 0 spiro atoms. The van der Waals surface area contributed by atoms with E-state index in [1.165, 1.54) is 4.90 Å². The molecule has 4 nitrogen and oxygen atoms in total. The molecule has 0 aromatic heterocycles. The molecule has 0 saturated carbocycles. The number of thioether (sulfide) groups is 1. The van der Waals surface area contributed by atoms with Crippen molar-refractivity contribution in [2.24, 2.45) is 0 Å². The van der Waals surface area contributed by atoms with Gasteiger partial charge in [-0.05, 0) is 42.5 Å². The summed E-state index contributed by atoms with van der Waals surface area (Å²) in [7, 11) is 1.81. The molecule has 0 bridgehead atoms. The first-order chi connectivity index (χ1) is 12.1. The lowest BCUT2D eigenvalue weighted by molar-refractivity contribution is -0.130. The molecular formula is C20H24N2O2S. The van der Waals surface area contributed by atoms with Crippen molar-refractivity contribution < 1.29 is 9.59 Å². The monoisotopic (exact) mass is 356 g/mol. The van der Waals surface area contributed by atoms with E-state index in [2.05, 4.69) is 29.6 Å². The van der Waals surface area contributed by atoms with Crippen molar-refractivity contribution in [3.05, 3.63) is 65.7 Å². The number of benzene rings is 2. The van der Waals surface area contributed by atoms with Crippen LogP contribution in [0.15, 0.2) is 59.5 Å². The average Bonchev–Trinajstić information content (AvgIpc) is 2.66. The highest BCUT2D eigenvalue weighted by Crippen LogP contribution is 2.15. The molecule has 0 aliphatic heterocycles. The van der Waals surface area contributed by atoms with E-state index in [1.807, 2.05) is 31.5 Å². The standard InChI is InChI=1S/C20H24N2O2S/c1-22(15-16-10-12-18(25-2)13-11-16)19(23)9-6-14-21-20(24)17-7-4-3-5-8-17/h3-5,7-8,10-13H,6,9,14-15H2,1-2H3,(H,21,24). The lowest BCUT2D eigenvalue weighted by Gasteiger charge is -2.17. The van der Waals surface area contributed by atoms with Gasteiger partial charge in [0.1, 0.15) is 0 Å². The van der Waals surface area contributed by atoms with Crippen LogP contribution in [0.1, 0.15) is 28.8 Å². The van der Waals surface area contributed by atoms with E-state index in [1.54, 1.807) is 28.8 Å². The highest BCUT2D eigenvalue weighted by molar-refractivity contribution is 7.98. The Morgan fingerprint density at radius 3 is 2.36 bits per heavy atom. The Morgan fingerprint density at radius 1 is 1.04 bits per heavy atom. The Morgan fingerprint density at radius 2 is 1.72 bits per heavy atom. The van der Waals surface area contributed by atoms with Gasteiger partial charge in [0.05, 0.1) is 0 Å². The van der Waals surface area contributed by atoms with E-state index in [-0.39, 0.29) is 11.8 Å². The van der Waals surface area contributed by atoms with E-state index in [9.17, 15) is 9.59 Å². The van der Waals surface area contributed by atoms with Crippen molar-refractivity contribution in [2.75, 3.05) is 19.8 Å². The van der Waals surface area contributed by atoms with Crippen LogP contribution in [-0.2, 0) is 11.3 Å². The topological polar surface area (TPSA) is 49.4 Å². The van der Waals surface area contributed by atoms with Gasteiger partial charge in [-0.2, -0.15) is 0 Å². The third-order valence-corrected chi connectivity index (χ3v) is 4.64. The van der Waals surface area contributed by atoms with Gasteiger partial charge in [0.15, 0.2) is 0 Å². The molecule has 0 fully saturated rings. The van der Waals surface area contributed by atoms with Crippen molar-refractivity contribution in [3.8, 4) is 0 Å². The molecule has 0 saturated heterocycles. The summed E-state index contributed by atoms with van der Waals surface area (Å²) >= 11 is 1.70. The summed E-state index contributed by atoms with van der Waals surface area (Å²) < 4.78 is 0. The maximum absolute atomic E-state index is 12.2. The van der Waals surface area contributed by atoms with Gasteiger partial charge in [0.25, 0.3) is 5.91 Å². The normalized spacial score (nSPS) is 10.3. The molecule has 5 heteroatoms. The number of carbonyl (C=O) groups excluding carboxylic acids is 2. The zero-order valence-corrected chi connectivity index (χ0v) is 15.5. The van der Waals surface area contributed by atoms with Gasteiger partial charge >= 0.3 is 0 Å². The van der Waals surface area contributed by atoms with E-state index < -0.39 is 0 Å². The van der Waals surface area contributed by atoms with Crippen LogP contribution in [0.5, 0.6) is 0 Å². The lowest BCUT2D eigenvalue weighted by Crippen LogP contribution is -2.28. The third-order valence-electron chi connectivity index (χ3n) is 3.89. The molecule has 0 heterocycles. The Hall–Kier alpha value is -2.27. The molecule has 25 heavy (non-hydrogen) atoms. The second-order valence-electron chi connectivity index (χ2n) is 5.82. The Labute approximate surface area is 153 Å². The minimum Gasteiger partial charge on any atom is -0.352 e. The highest BCUT2D eigenvalue weighted by atomic mass is 32.2. The first-order valence-corrected chi connectivity index (χ1v) is 9.53. The van der Waals surface area contributed by atoms with E-state index in [0.29, 0.717) is 31.5 Å². The SMILES string of the molecule is CSc1ccc(CN(C)C(=O)CCCNC(=O)c2ccccc2)cc1. The summed E-state index contributed by atoms with van der Waals surface area (Å²) in [6, 6.07) is 17.3.